The van der Waals surface area contributed by atoms with Gasteiger partial charge in [0, 0.05) is 20.6 Å². The summed E-state index contributed by atoms with van der Waals surface area (Å²) in [6.07, 6.45) is 4.49. The van der Waals surface area contributed by atoms with E-state index in [0.717, 1.165) is 43.0 Å². The fraction of sp³-hybridized carbons (Fsp3) is 0.458. The number of carbonyl (C=O) groups excluding carboxylic acids is 1. The van der Waals surface area contributed by atoms with Gasteiger partial charge in [-0.1, -0.05) is 30.3 Å². The zero-order valence-corrected chi connectivity index (χ0v) is 19.5. The number of piperidine rings is 1. The monoisotopic (exact) mass is 454 g/mol. The number of aryl methyl sites for hydroxylation is 1. The van der Waals surface area contributed by atoms with Gasteiger partial charge in [0.2, 0.25) is 0 Å². The molecule has 8 heteroatoms. The molecule has 1 aliphatic heterocycles. The quantitative estimate of drug-likeness (QED) is 0.556. The Kier molecular flexibility index (Phi) is 6.91. The Labute approximate surface area is 191 Å². The van der Waals surface area contributed by atoms with Gasteiger partial charge in [0.05, 0.1) is 10.3 Å². The van der Waals surface area contributed by atoms with E-state index in [0.29, 0.717) is 21.6 Å². The van der Waals surface area contributed by atoms with Crippen molar-refractivity contribution < 1.29 is 4.79 Å². The molecule has 1 aromatic carbocycles. The van der Waals surface area contributed by atoms with Crippen molar-refractivity contribution in [2.45, 2.75) is 25.7 Å². The Morgan fingerprint density at radius 1 is 1.09 bits per heavy atom. The molecule has 32 heavy (non-hydrogen) atoms. The van der Waals surface area contributed by atoms with Gasteiger partial charge in [-0.05, 0) is 62.9 Å². The molecular formula is C24H30N4O3S. The zero-order chi connectivity index (χ0) is 22.7. The average Bonchev–Trinajstić information content (AvgIpc) is 3.27. The molecule has 0 radical (unpaired) electrons. The average molecular weight is 455 g/mol. The molecule has 4 rings (SSSR count). The molecule has 1 saturated heterocycles. The highest BCUT2D eigenvalue weighted by molar-refractivity contribution is 7.20. The summed E-state index contributed by atoms with van der Waals surface area (Å²) in [5.74, 6) is 0.562. The SMILES string of the molecule is Cn1c(=O)c2cc(C(=O)NCCCN3CCC(Cc4ccccc4)CC3)sc2n(C)c1=O. The van der Waals surface area contributed by atoms with Crippen molar-refractivity contribution in [1.82, 2.24) is 19.4 Å². The summed E-state index contributed by atoms with van der Waals surface area (Å²) in [5.41, 5.74) is 0.672. The fourth-order valence-electron chi connectivity index (χ4n) is 4.43. The number of amides is 1. The van der Waals surface area contributed by atoms with Gasteiger partial charge in [0.1, 0.15) is 4.83 Å². The van der Waals surface area contributed by atoms with Gasteiger partial charge in [-0.3, -0.25) is 18.7 Å². The van der Waals surface area contributed by atoms with Crippen LogP contribution in [0.5, 0.6) is 0 Å². The number of rotatable bonds is 7. The standard InChI is InChI=1S/C24H30N4O3S/c1-26-22(30)19-16-20(32-23(19)27(2)24(26)31)21(29)25-11-6-12-28-13-9-18(10-14-28)15-17-7-4-3-5-8-17/h3-5,7-8,16,18H,6,9-15H2,1-2H3,(H,25,29). The molecule has 0 aliphatic carbocycles. The van der Waals surface area contributed by atoms with E-state index in [4.69, 9.17) is 0 Å². The summed E-state index contributed by atoms with van der Waals surface area (Å²) in [6.45, 7) is 3.78. The molecule has 0 unspecified atom stereocenters. The third kappa shape index (κ3) is 4.86. The van der Waals surface area contributed by atoms with Crippen LogP contribution >= 0.6 is 11.3 Å². The summed E-state index contributed by atoms with van der Waals surface area (Å²) in [4.78, 5) is 40.4. The van der Waals surface area contributed by atoms with Crippen molar-refractivity contribution >= 4 is 27.5 Å². The predicted molar refractivity (Wildman–Crippen MR) is 129 cm³/mol. The molecule has 7 nitrogen and oxygen atoms in total. The minimum atomic E-state index is -0.385. The second-order valence-electron chi connectivity index (χ2n) is 8.62. The number of nitrogens with zero attached hydrogens (tertiary/aromatic N) is 3. The summed E-state index contributed by atoms with van der Waals surface area (Å²) < 4.78 is 2.49. The predicted octanol–water partition coefficient (Wildman–Crippen LogP) is 2.37. The van der Waals surface area contributed by atoms with Crippen molar-refractivity contribution in [3.05, 3.63) is 67.7 Å². The number of thiophene rings is 1. The van der Waals surface area contributed by atoms with Crippen LogP contribution in [-0.4, -0.2) is 46.1 Å². The first-order valence-electron chi connectivity index (χ1n) is 11.2. The number of benzene rings is 1. The Bertz CT molecular complexity index is 1200. The lowest BCUT2D eigenvalue weighted by Crippen LogP contribution is -2.36. The van der Waals surface area contributed by atoms with Crippen molar-refractivity contribution in [2.75, 3.05) is 26.2 Å². The Morgan fingerprint density at radius 3 is 2.53 bits per heavy atom. The highest BCUT2D eigenvalue weighted by Gasteiger charge is 2.20. The zero-order valence-electron chi connectivity index (χ0n) is 18.7. The third-order valence-corrected chi connectivity index (χ3v) is 7.57. The fourth-order valence-corrected chi connectivity index (χ4v) is 5.45. The van der Waals surface area contributed by atoms with E-state index in [1.54, 1.807) is 13.1 Å². The van der Waals surface area contributed by atoms with Crippen LogP contribution in [0.4, 0.5) is 0 Å². The van der Waals surface area contributed by atoms with Gasteiger partial charge in [0.25, 0.3) is 11.5 Å². The summed E-state index contributed by atoms with van der Waals surface area (Å²) >= 11 is 1.18. The van der Waals surface area contributed by atoms with Crippen molar-refractivity contribution in [1.29, 1.82) is 0 Å². The van der Waals surface area contributed by atoms with Crippen LogP contribution in [0.25, 0.3) is 10.2 Å². The highest BCUT2D eigenvalue weighted by atomic mass is 32.1. The van der Waals surface area contributed by atoms with Crippen LogP contribution in [0, 0.1) is 5.92 Å². The van der Waals surface area contributed by atoms with E-state index >= 15 is 0 Å². The number of hydrogen-bond acceptors (Lipinski definition) is 5. The maximum absolute atomic E-state index is 12.6. The van der Waals surface area contributed by atoms with Gasteiger partial charge in [-0.25, -0.2) is 4.79 Å². The normalized spacial score (nSPS) is 15.3. The smallest absolute Gasteiger partial charge is 0.331 e. The molecular weight excluding hydrogens is 424 g/mol. The first-order valence-corrected chi connectivity index (χ1v) is 12.0. The molecule has 0 bridgehead atoms. The minimum absolute atomic E-state index is 0.192. The summed E-state index contributed by atoms with van der Waals surface area (Å²) in [6, 6.07) is 12.3. The van der Waals surface area contributed by atoms with Crippen LogP contribution in [0.1, 0.15) is 34.5 Å². The molecule has 1 N–H and O–H groups in total. The summed E-state index contributed by atoms with van der Waals surface area (Å²) in [5, 5.41) is 3.36. The lowest BCUT2D eigenvalue weighted by Gasteiger charge is -2.32. The Morgan fingerprint density at radius 2 is 1.81 bits per heavy atom. The molecule has 1 aliphatic rings. The largest absolute Gasteiger partial charge is 0.351 e. The Hall–Kier alpha value is -2.71. The van der Waals surface area contributed by atoms with Crippen LogP contribution in [0.15, 0.2) is 46.0 Å². The molecule has 3 heterocycles. The second-order valence-corrected chi connectivity index (χ2v) is 9.65. The second kappa shape index (κ2) is 9.83. The van der Waals surface area contributed by atoms with Crippen molar-refractivity contribution in [3.8, 4) is 0 Å². The van der Waals surface area contributed by atoms with Crippen LogP contribution in [-0.2, 0) is 20.5 Å². The maximum Gasteiger partial charge on any atom is 0.331 e. The van der Waals surface area contributed by atoms with Gasteiger partial charge >= 0.3 is 5.69 Å². The van der Waals surface area contributed by atoms with Gasteiger partial charge < -0.3 is 10.2 Å². The number of nitrogens with one attached hydrogen (secondary N) is 1. The van der Waals surface area contributed by atoms with E-state index < -0.39 is 0 Å². The van der Waals surface area contributed by atoms with Crippen LogP contribution in [0.2, 0.25) is 0 Å². The Balaban J connectivity index is 1.23. The number of fused-ring (bicyclic) bond motifs is 1. The van der Waals surface area contributed by atoms with Crippen molar-refractivity contribution in [2.24, 2.45) is 20.0 Å². The lowest BCUT2D eigenvalue weighted by molar-refractivity contribution is 0.0954. The van der Waals surface area contributed by atoms with E-state index in [9.17, 15) is 14.4 Å². The van der Waals surface area contributed by atoms with Gasteiger partial charge in [-0.15, -0.1) is 11.3 Å². The first kappa shape index (κ1) is 22.5. The maximum atomic E-state index is 12.6. The number of hydrogen-bond donors (Lipinski definition) is 1. The number of likely N-dealkylation sites (tertiary alicyclic amines) is 1. The van der Waals surface area contributed by atoms with Crippen LogP contribution < -0.4 is 16.6 Å². The molecule has 1 fully saturated rings. The number of carbonyl (C=O) groups is 1. The van der Waals surface area contributed by atoms with Gasteiger partial charge in [-0.2, -0.15) is 0 Å². The van der Waals surface area contributed by atoms with Crippen molar-refractivity contribution in [3.63, 3.8) is 0 Å². The van der Waals surface area contributed by atoms with E-state index in [-0.39, 0.29) is 17.2 Å². The van der Waals surface area contributed by atoms with Crippen LogP contribution in [0.3, 0.4) is 0 Å². The van der Waals surface area contributed by atoms with Gasteiger partial charge in [0.15, 0.2) is 0 Å². The molecule has 1 amide bonds. The molecule has 0 spiro atoms. The molecule has 3 aromatic rings. The van der Waals surface area contributed by atoms with E-state index in [2.05, 4.69) is 40.5 Å². The highest BCUT2D eigenvalue weighted by Crippen LogP contribution is 2.22. The third-order valence-electron chi connectivity index (χ3n) is 6.36. The van der Waals surface area contributed by atoms with E-state index in [1.807, 2.05) is 0 Å². The number of aromatic nitrogens is 2. The molecule has 0 atom stereocenters. The topological polar surface area (TPSA) is 76.3 Å². The minimum Gasteiger partial charge on any atom is -0.351 e. The molecule has 170 valence electrons. The van der Waals surface area contributed by atoms with E-state index in [1.165, 1.54) is 41.4 Å². The first-order chi connectivity index (χ1) is 15.4. The molecule has 0 saturated carbocycles. The lowest BCUT2D eigenvalue weighted by atomic mass is 9.90. The summed E-state index contributed by atoms with van der Waals surface area (Å²) in [7, 11) is 3.07. The molecule has 2 aromatic heterocycles.